The highest BCUT2D eigenvalue weighted by Crippen LogP contribution is 2.31. The van der Waals surface area contributed by atoms with Crippen LogP contribution in [0.2, 0.25) is 0 Å². The fraction of sp³-hybridized carbons (Fsp3) is 0.588. The second-order valence-electron chi connectivity index (χ2n) is 6.55. The number of likely N-dealkylation sites (tertiary alicyclic amines) is 1. The first-order valence-corrected chi connectivity index (χ1v) is 7.88. The third-order valence-corrected chi connectivity index (χ3v) is 4.86. The summed E-state index contributed by atoms with van der Waals surface area (Å²) in [6.07, 6.45) is 3.51. The van der Waals surface area contributed by atoms with Gasteiger partial charge >= 0.3 is 0 Å². The molecule has 0 spiro atoms. The van der Waals surface area contributed by atoms with Crippen molar-refractivity contribution in [1.29, 1.82) is 0 Å². The predicted octanol–water partition coefficient (Wildman–Crippen LogP) is 1.28. The van der Waals surface area contributed by atoms with Crippen molar-refractivity contribution in [3.8, 4) is 0 Å². The fourth-order valence-corrected chi connectivity index (χ4v) is 3.59. The summed E-state index contributed by atoms with van der Waals surface area (Å²) in [7, 11) is 0. The van der Waals surface area contributed by atoms with Crippen molar-refractivity contribution in [3.63, 3.8) is 0 Å². The Bertz CT molecular complexity index is 492. The topological polar surface area (TPSA) is 24.8 Å². The molecule has 0 unspecified atom stereocenters. The molecule has 1 saturated heterocycles. The number of hydrogen-bond donors (Lipinski definition) is 1. The maximum atomic E-state index is 12.7. The molecule has 0 saturated carbocycles. The van der Waals surface area contributed by atoms with Gasteiger partial charge in [-0.25, -0.2) is 0 Å². The molecule has 2 aliphatic heterocycles. The molecule has 1 aromatic carbocycles. The highest BCUT2D eigenvalue weighted by Gasteiger charge is 2.33. The summed E-state index contributed by atoms with van der Waals surface area (Å²) in [5.74, 6) is 1.13. The van der Waals surface area contributed by atoms with Gasteiger partial charge in [-0.1, -0.05) is 25.1 Å². The average Bonchev–Trinajstić information content (AvgIpc) is 2.77. The molecule has 2 aliphatic rings. The summed E-state index contributed by atoms with van der Waals surface area (Å²) >= 11 is 0. The number of carbonyl (C=O) groups is 1. The minimum absolute atomic E-state index is 0.298. The van der Waals surface area contributed by atoms with Gasteiger partial charge in [0, 0.05) is 11.7 Å². The SMILES string of the molecule is CC1CC[NH+](CC(=O)N2c3ccccc3C[C@@H]2C)CC1. The summed E-state index contributed by atoms with van der Waals surface area (Å²) in [4.78, 5) is 16.2. The maximum Gasteiger partial charge on any atom is 0.282 e. The molecule has 3 nitrogen and oxygen atoms in total. The van der Waals surface area contributed by atoms with Crippen LogP contribution in [0, 0.1) is 5.92 Å². The number of nitrogens with one attached hydrogen (secondary N) is 1. The van der Waals surface area contributed by atoms with Gasteiger partial charge in [-0.3, -0.25) is 4.79 Å². The summed E-state index contributed by atoms with van der Waals surface area (Å²) < 4.78 is 0. The normalized spacial score (nSPS) is 29.3. The van der Waals surface area contributed by atoms with E-state index in [-0.39, 0.29) is 0 Å². The molecule has 1 aromatic rings. The zero-order valence-electron chi connectivity index (χ0n) is 12.6. The van der Waals surface area contributed by atoms with Crippen molar-refractivity contribution in [2.75, 3.05) is 24.5 Å². The van der Waals surface area contributed by atoms with E-state index in [0.717, 1.165) is 31.1 Å². The van der Waals surface area contributed by atoms with Crippen molar-refractivity contribution >= 4 is 11.6 Å². The Morgan fingerprint density at radius 2 is 1.95 bits per heavy atom. The highest BCUT2D eigenvalue weighted by molar-refractivity contribution is 5.96. The average molecular weight is 273 g/mol. The molecule has 1 fully saturated rings. The molecule has 1 amide bonds. The number of fused-ring (bicyclic) bond motifs is 1. The van der Waals surface area contributed by atoms with Gasteiger partial charge in [0.1, 0.15) is 0 Å². The molecular weight excluding hydrogens is 248 g/mol. The lowest BCUT2D eigenvalue weighted by molar-refractivity contribution is -0.898. The van der Waals surface area contributed by atoms with Gasteiger partial charge in [0.2, 0.25) is 0 Å². The van der Waals surface area contributed by atoms with E-state index in [0.29, 0.717) is 18.5 Å². The van der Waals surface area contributed by atoms with Gasteiger partial charge in [0.05, 0.1) is 13.1 Å². The van der Waals surface area contributed by atoms with Crippen LogP contribution >= 0.6 is 0 Å². The largest absolute Gasteiger partial charge is 0.327 e. The number of carbonyl (C=O) groups excluding carboxylic acids is 1. The molecule has 3 rings (SSSR count). The molecule has 20 heavy (non-hydrogen) atoms. The third-order valence-electron chi connectivity index (χ3n) is 4.86. The van der Waals surface area contributed by atoms with E-state index in [1.54, 1.807) is 0 Å². The monoisotopic (exact) mass is 273 g/mol. The predicted molar refractivity (Wildman–Crippen MR) is 81.1 cm³/mol. The van der Waals surface area contributed by atoms with Crippen molar-refractivity contribution in [2.45, 2.75) is 39.2 Å². The molecule has 2 heterocycles. The number of piperidine rings is 1. The Labute approximate surface area is 121 Å². The molecule has 0 aliphatic carbocycles. The fourth-order valence-electron chi connectivity index (χ4n) is 3.59. The number of benzene rings is 1. The van der Waals surface area contributed by atoms with E-state index in [2.05, 4.69) is 32.0 Å². The van der Waals surface area contributed by atoms with E-state index in [1.165, 1.54) is 23.3 Å². The van der Waals surface area contributed by atoms with Crippen LogP contribution in [0.1, 0.15) is 32.3 Å². The van der Waals surface area contributed by atoms with E-state index in [1.807, 2.05) is 11.0 Å². The van der Waals surface area contributed by atoms with Gasteiger partial charge in [0.15, 0.2) is 6.54 Å². The molecule has 1 N–H and O–H groups in total. The van der Waals surface area contributed by atoms with Crippen LogP contribution < -0.4 is 9.80 Å². The number of anilines is 1. The second-order valence-corrected chi connectivity index (χ2v) is 6.55. The number of quaternary nitrogens is 1. The molecule has 0 radical (unpaired) electrons. The van der Waals surface area contributed by atoms with E-state index in [4.69, 9.17) is 0 Å². The molecular formula is C17H25N2O+. The number of rotatable bonds is 2. The van der Waals surface area contributed by atoms with Crippen LogP contribution in [0.25, 0.3) is 0 Å². The Balaban J connectivity index is 1.68. The standard InChI is InChI=1S/C17H24N2O/c1-13-7-9-18(10-8-13)12-17(20)19-14(2)11-15-5-3-4-6-16(15)19/h3-6,13-14H,7-12H2,1-2H3/p+1/t14-/m0/s1. The lowest BCUT2D eigenvalue weighted by atomic mass is 9.99. The smallest absolute Gasteiger partial charge is 0.282 e. The summed E-state index contributed by atoms with van der Waals surface area (Å²) in [5.41, 5.74) is 2.45. The zero-order valence-corrected chi connectivity index (χ0v) is 12.6. The first-order chi connectivity index (χ1) is 9.65. The Morgan fingerprint density at radius 1 is 1.25 bits per heavy atom. The first-order valence-electron chi connectivity index (χ1n) is 7.88. The minimum Gasteiger partial charge on any atom is -0.327 e. The number of amides is 1. The van der Waals surface area contributed by atoms with Crippen molar-refractivity contribution in [1.82, 2.24) is 0 Å². The second kappa shape index (κ2) is 5.57. The first kappa shape index (κ1) is 13.6. The Morgan fingerprint density at radius 3 is 2.70 bits per heavy atom. The molecule has 3 heteroatoms. The van der Waals surface area contributed by atoms with Crippen molar-refractivity contribution in [2.24, 2.45) is 5.92 Å². The van der Waals surface area contributed by atoms with Gasteiger partial charge in [-0.05, 0) is 43.7 Å². The minimum atomic E-state index is 0.298. The van der Waals surface area contributed by atoms with E-state index >= 15 is 0 Å². The number of nitrogens with zero attached hydrogens (tertiary/aromatic N) is 1. The highest BCUT2D eigenvalue weighted by atomic mass is 16.2. The van der Waals surface area contributed by atoms with Crippen LogP contribution in [-0.2, 0) is 11.2 Å². The number of hydrogen-bond acceptors (Lipinski definition) is 1. The lowest BCUT2D eigenvalue weighted by Crippen LogP contribution is -3.14. The summed E-state index contributed by atoms with van der Waals surface area (Å²) in [5, 5.41) is 0. The van der Waals surface area contributed by atoms with Crippen LogP contribution in [0.15, 0.2) is 24.3 Å². The van der Waals surface area contributed by atoms with E-state index in [9.17, 15) is 4.79 Å². The van der Waals surface area contributed by atoms with Gasteiger partial charge in [-0.15, -0.1) is 0 Å². The summed E-state index contributed by atoms with van der Waals surface area (Å²) in [6.45, 7) is 7.43. The van der Waals surface area contributed by atoms with Crippen LogP contribution in [0.3, 0.4) is 0 Å². The molecule has 0 bridgehead atoms. The van der Waals surface area contributed by atoms with Crippen LogP contribution in [-0.4, -0.2) is 31.6 Å². The number of para-hydroxylation sites is 1. The quantitative estimate of drug-likeness (QED) is 0.862. The van der Waals surface area contributed by atoms with Crippen molar-refractivity contribution in [3.05, 3.63) is 29.8 Å². The van der Waals surface area contributed by atoms with E-state index < -0.39 is 0 Å². The van der Waals surface area contributed by atoms with Gasteiger partial charge in [-0.2, -0.15) is 0 Å². The third kappa shape index (κ3) is 2.59. The molecule has 108 valence electrons. The van der Waals surface area contributed by atoms with Crippen molar-refractivity contribution < 1.29 is 9.69 Å². The maximum absolute atomic E-state index is 12.7. The van der Waals surface area contributed by atoms with Gasteiger partial charge in [0.25, 0.3) is 5.91 Å². The zero-order chi connectivity index (χ0) is 14.1. The molecule has 1 atom stereocenters. The molecule has 0 aromatic heterocycles. The Kier molecular flexibility index (Phi) is 3.79. The summed E-state index contributed by atoms with van der Waals surface area (Å²) in [6, 6.07) is 8.64. The van der Waals surface area contributed by atoms with Gasteiger partial charge < -0.3 is 9.80 Å². The van der Waals surface area contributed by atoms with Crippen LogP contribution in [0.4, 0.5) is 5.69 Å². The Hall–Kier alpha value is -1.35. The van der Waals surface area contributed by atoms with Crippen LogP contribution in [0.5, 0.6) is 0 Å². The lowest BCUT2D eigenvalue weighted by Gasteiger charge is -2.29.